The van der Waals surface area contributed by atoms with Gasteiger partial charge in [0.25, 0.3) is 16.8 Å². The molecule has 0 bridgehead atoms. The van der Waals surface area contributed by atoms with Crippen LogP contribution in [0.4, 0.5) is 10.5 Å². The molecule has 1 aliphatic heterocycles. The average molecular weight is 424 g/mol. The summed E-state index contributed by atoms with van der Waals surface area (Å²) in [6.45, 7) is 3.48. The lowest BCUT2D eigenvalue weighted by molar-refractivity contribution is -0.384. The fourth-order valence-electron chi connectivity index (χ4n) is 2.64. The zero-order chi connectivity index (χ0) is 21.7. The van der Waals surface area contributed by atoms with Crippen molar-refractivity contribution in [1.29, 1.82) is 0 Å². The molecule has 1 heterocycles. The number of benzene rings is 2. The molecule has 0 unspecified atom stereocenters. The highest BCUT2D eigenvalue weighted by Crippen LogP contribution is 2.32. The highest BCUT2D eigenvalue weighted by atomic mass is 32.2. The summed E-state index contributed by atoms with van der Waals surface area (Å²) in [5.74, 6) is -0.470. The number of nitro groups is 1. The maximum atomic E-state index is 12.6. The molecule has 0 N–H and O–H groups in total. The molecule has 1 saturated heterocycles. The minimum atomic E-state index is -0.576. The molecule has 2 aromatic rings. The molecule has 152 valence electrons. The number of nitrogens with zero attached hydrogens (tertiary/aromatic N) is 2. The number of rotatable bonds is 8. The molecule has 0 spiro atoms. The summed E-state index contributed by atoms with van der Waals surface area (Å²) in [6.07, 6.45) is 3.17. The van der Waals surface area contributed by atoms with Crippen molar-refractivity contribution in [3.05, 3.63) is 87.3 Å². The predicted octanol–water partition coefficient (Wildman–Crippen LogP) is 4.08. The molecule has 3 rings (SSSR count). The van der Waals surface area contributed by atoms with Crippen LogP contribution in [0, 0.1) is 10.1 Å². The second kappa shape index (κ2) is 9.19. The number of Topliss-reactive ketones (excluding diaryl/α,β-unsaturated/α-hetero) is 1. The number of amides is 2. The summed E-state index contributed by atoms with van der Waals surface area (Å²) in [5.41, 5.74) is 0.694. The topological polar surface area (TPSA) is 107 Å². The smallest absolute Gasteiger partial charge is 0.293 e. The first-order valence-corrected chi connectivity index (χ1v) is 9.57. The molecule has 9 heteroatoms. The van der Waals surface area contributed by atoms with Gasteiger partial charge in [0, 0.05) is 17.7 Å². The summed E-state index contributed by atoms with van der Waals surface area (Å²) in [7, 11) is 0. The molecule has 30 heavy (non-hydrogen) atoms. The zero-order valence-corrected chi connectivity index (χ0v) is 16.5. The van der Waals surface area contributed by atoms with Gasteiger partial charge in [-0.1, -0.05) is 24.8 Å². The van der Waals surface area contributed by atoms with E-state index in [1.807, 2.05) is 0 Å². The van der Waals surface area contributed by atoms with Crippen molar-refractivity contribution in [1.82, 2.24) is 4.90 Å². The van der Waals surface area contributed by atoms with E-state index in [2.05, 4.69) is 6.58 Å². The molecule has 0 aromatic heterocycles. The summed E-state index contributed by atoms with van der Waals surface area (Å²) in [4.78, 5) is 48.5. The molecule has 0 atom stereocenters. The fraction of sp³-hybridized carbons (Fsp3) is 0.0952. The van der Waals surface area contributed by atoms with Crippen LogP contribution < -0.4 is 4.74 Å². The Morgan fingerprint density at radius 3 is 2.60 bits per heavy atom. The minimum Gasteiger partial charge on any atom is -0.490 e. The third-order valence-electron chi connectivity index (χ3n) is 4.10. The highest BCUT2D eigenvalue weighted by Gasteiger charge is 2.36. The minimum absolute atomic E-state index is 0.153. The van der Waals surface area contributed by atoms with Crippen molar-refractivity contribution < 1.29 is 24.0 Å². The normalized spacial score (nSPS) is 14.8. The molecular formula is C21H16N2O6S. The molecule has 1 fully saturated rings. The van der Waals surface area contributed by atoms with Gasteiger partial charge in [-0.05, 0) is 47.7 Å². The number of imide groups is 1. The fourth-order valence-corrected chi connectivity index (χ4v) is 3.48. The van der Waals surface area contributed by atoms with Crippen LogP contribution in [0.2, 0.25) is 0 Å². The van der Waals surface area contributed by atoms with Crippen molar-refractivity contribution >= 4 is 40.5 Å². The third-order valence-corrected chi connectivity index (χ3v) is 5.01. The molecule has 0 radical (unpaired) electrons. The Kier molecular flexibility index (Phi) is 6.43. The van der Waals surface area contributed by atoms with Gasteiger partial charge in [0.05, 0.1) is 16.4 Å². The van der Waals surface area contributed by atoms with Gasteiger partial charge < -0.3 is 4.74 Å². The van der Waals surface area contributed by atoms with Gasteiger partial charge in [-0.25, -0.2) is 0 Å². The van der Waals surface area contributed by atoms with Crippen molar-refractivity contribution in [2.24, 2.45) is 0 Å². The van der Waals surface area contributed by atoms with E-state index in [1.54, 1.807) is 36.4 Å². The lowest BCUT2D eigenvalue weighted by Crippen LogP contribution is -2.33. The van der Waals surface area contributed by atoms with Gasteiger partial charge >= 0.3 is 0 Å². The monoisotopic (exact) mass is 424 g/mol. The van der Waals surface area contributed by atoms with Gasteiger partial charge in [0.1, 0.15) is 12.4 Å². The van der Waals surface area contributed by atoms with E-state index in [0.29, 0.717) is 17.9 Å². The predicted molar refractivity (Wildman–Crippen MR) is 112 cm³/mol. The SMILES string of the molecule is C=CCOc1cccc(/C=C2/SC(=O)N(CC(=O)c3ccc([N+](=O)[O-])cc3)C2=O)c1. The Labute approximate surface area is 176 Å². The van der Waals surface area contributed by atoms with Crippen molar-refractivity contribution in [2.75, 3.05) is 13.2 Å². The summed E-state index contributed by atoms with van der Waals surface area (Å²) < 4.78 is 5.45. The van der Waals surface area contributed by atoms with Crippen molar-refractivity contribution in [3.63, 3.8) is 0 Å². The number of hydrogen-bond acceptors (Lipinski definition) is 7. The van der Waals surface area contributed by atoms with E-state index in [9.17, 15) is 24.5 Å². The number of hydrogen-bond donors (Lipinski definition) is 0. The Bertz CT molecular complexity index is 1060. The maximum absolute atomic E-state index is 12.6. The van der Waals surface area contributed by atoms with Gasteiger partial charge in [-0.2, -0.15) is 0 Å². The number of ether oxygens (including phenoxy) is 1. The number of carbonyl (C=O) groups is 3. The number of ketones is 1. The molecular weight excluding hydrogens is 408 g/mol. The Balaban J connectivity index is 1.73. The third kappa shape index (κ3) is 4.81. The molecule has 0 aliphatic carbocycles. The van der Waals surface area contributed by atoms with Crippen LogP contribution in [0.15, 0.2) is 66.1 Å². The molecule has 2 amide bonds. The van der Waals surface area contributed by atoms with Crippen LogP contribution in [0.1, 0.15) is 15.9 Å². The van der Waals surface area contributed by atoms with Gasteiger partial charge in [0.15, 0.2) is 5.78 Å². The summed E-state index contributed by atoms with van der Waals surface area (Å²) in [6, 6.07) is 12.0. The van der Waals surface area contributed by atoms with E-state index < -0.39 is 28.4 Å². The number of non-ortho nitro benzene ring substituents is 1. The number of carbonyl (C=O) groups excluding carboxylic acids is 3. The van der Waals surface area contributed by atoms with Gasteiger partial charge in [0.2, 0.25) is 0 Å². The standard InChI is InChI=1S/C21H16N2O6S/c1-2-10-29-17-5-3-4-14(11-17)12-19-20(25)22(21(26)30-19)13-18(24)15-6-8-16(9-7-15)23(27)28/h2-9,11-12H,1,10,13H2/b19-12+. The van der Waals surface area contributed by atoms with E-state index in [0.717, 1.165) is 16.7 Å². The summed E-state index contributed by atoms with van der Waals surface area (Å²) in [5, 5.41) is 10.2. The molecule has 0 saturated carbocycles. The zero-order valence-electron chi connectivity index (χ0n) is 15.6. The average Bonchev–Trinajstić information content (AvgIpc) is 2.99. The second-order valence-electron chi connectivity index (χ2n) is 6.17. The molecule has 1 aliphatic rings. The second-order valence-corrected chi connectivity index (χ2v) is 7.16. The van der Waals surface area contributed by atoms with E-state index >= 15 is 0 Å². The van der Waals surface area contributed by atoms with Crippen LogP contribution in [0.3, 0.4) is 0 Å². The number of nitro benzene ring substituents is 1. The quantitative estimate of drug-likeness (QED) is 0.207. The van der Waals surface area contributed by atoms with Crippen LogP contribution in [-0.4, -0.2) is 39.9 Å². The first-order valence-electron chi connectivity index (χ1n) is 8.76. The van der Waals surface area contributed by atoms with E-state index in [4.69, 9.17) is 4.74 Å². The first-order chi connectivity index (χ1) is 14.4. The van der Waals surface area contributed by atoms with E-state index in [1.165, 1.54) is 24.3 Å². The maximum Gasteiger partial charge on any atom is 0.293 e. The first kappa shape index (κ1) is 21.0. The van der Waals surface area contributed by atoms with Crippen LogP contribution in [0.5, 0.6) is 5.75 Å². The Morgan fingerprint density at radius 1 is 1.20 bits per heavy atom. The lowest BCUT2D eigenvalue weighted by Gasteiger charge is -2.11. The Hall–Kier alpha value is -3.72. The lowest BCUT2D eigenvalue weighted by atomic mass is 10.1. The highest BCUT2D eigenvalue weighted by molar-refractivity contribution is 8.18. The van der Waals surface area contributed by atoms with Crippen molar-refractivity contribution in [2.45, 2.75) is 0 Å². The Morgan fingerprint density at radius 2 is 1.93 bits per heavy atom. The number of thioether (sulfide) groups is 1. The van der Waals surface area contributed by atoms with Gasteiger partial charge in [-0.15, -0.1) is 0 Å². The van der Waals surface area contributed by atoms with Gasteiger partial charge in [-0.3, -0.25) is 29.4 Å². The van der Waals surface area contributed by atoms with Crippen LogP contribution in [0.25, 0.3) is 6.08 Å². The van der Waals surface area contributed by atoms with Crippen LogP contribution in [-0.2, 0) is 4.79 Å². The summed E-state index contributed by atoms with van der Waals surface area (Å²) >= 11 is 0.744. The largest absolute Gasteiger partial charge is 0.490 e. The van der Waals surface area contributed by atoms with E-state index in [-0.39, 0.29) is 16.2 Å². The van der Waals surface area contributed by atoms with Crippen molar-refractivity contribution in [3.8, 4) is 5.75 Å². The molecule has 8 nitrogen and oxygen atoms in total. The van der Waals surface area contributed by atoms with Crippen LogP contribution >= 0.6 is 11.8 Å². The molecule has 2 aromatic carbocycles.